The van der Waals surface area contributed by atoms with Crippen LogP contribution in [0.2, 0.25) is 0 Å². The van der Waals surface area contributed by atoms with Crippen molar-refractivity contribution < 1.29 is 14.7 Å². The zero-order chi connectivity index (χ0) is 13.7. The number of urea groups is 1. The summed E-state index contributed by atoms with van der Waals surface area (Å²) in [5.41, 5.74) is 0. The van der Waals surface area contributed by atoms with Crippen molar-refractivity contribution in [2.24, 2.45) is 13.0 Å². The molecule has 1 heterocycles. The van der Waals surface area contributed by atoms with Gasteiger partial charge in [0.25, 0.3) is 5.95 Å². The Morgan fingerprint density at radius 3 is 2.56 bits per heavy atom. The van der Waals surface area contributed by atoms with Crippen molar-refractivity contribution in [1.29, 1.82) is 0 Å². The number of aryl methyl sites for hydroxylation is 1. The molecule has 0 spiro atoms. The van der Waals surface area contributed by atoms with Gasteiger partial charge in [-0.3, -0.25) is 5.32 Å². The molecule has 1 aromatic rings. The van der Waals surface area contributed by atoms with Gasteiger partial charge in [-0.15, -0.1) is 5.10 Å². The minimum Gasteiger partial charge on any atom is -0.480 e. The van der Waals surface area contributed by atoms with Crippen molar-refractivity contribution >= 4 is 17.9 Å². The van der Waals surface area contributed by atoms with Crippen LogP contribution in [0.5, 0.6) is 0 Å². The quantitative estimate of drug-likeness (QED) is 0.672. The summed E-state index contributed by atoms with van der Waals surface area (Å²) < 4.78 is 0. The molecule has 0 aliphatic carbocycles. The summed E-state index contributed by atoms with van der Waals surface area (Å²) >= 11 is 0. The molecule has 0 aromatic carbocycles. The van der Waals surface area contributed by atoms with Crippen LogP contribution < -0.4 is 10.6 Å². The van der Waals surface area contributed by atoms with Gasteiger partial charge in [-0.2, -0.15) is 4.80 Å². The summed E-state index contributed by atoms with van der Waals surface area (Å²) in [5.74, 6) is -0.907. The number of tetrazole rings is 1. The molecule has 0 saturated heterocycles. The van der Waals surface area contributed by atoms with E-state index in [0.29, 0.717) is 6.42 Å². The highest BCUT2D eigenvalue weighted by atomic mass is 16.4. The van der Waals surface area contributed by atoms with E-state index >= 15 is 0 Å². The summed E-state index contributed by atoms with van der Waals surface area (Å²) in [4.78, 5) is 23.6. The number of carboxylic acid groups (broad SMARTS) is 1. The van der Waals surface area contributed by atoms with Crippen LogP contribution in [0.3, 0.4) is 0 Å². The summed E-state index contributed by atoms with van der Waals surface area (Å²) in [5, 5.41) is 24.4. The van der Waals surface area contributed by atoms with Crippen LogP contribution in [0.4, 0.5) is 10.7 Å². The monoisotopic (exact) mass is 256 g/mol. The molecular weight excluding hydrogens is 240 g/mol. The maximum Gasteiger partial charge on any atom is 0.326 e. The van der Waals surface area contributed by atoms with E-state index in [0.717, 1.165) is 0 Å². The Labute approximate surface area is 104 Å². The van der Waals surface area contributed by atoms with E-state index in [1.54, 1.807) is 7.05 Å². The van der Waals surface area contributed by atoms with E-state index in [2.05, 4.69) is 26.0 Å². The lowest BCUT2D eigenvalue weighted by Crippen LogP contribution is -2.43. The molecule has 0 aliphatic heterocycles. The Balaban J connectivity index is 2.53. The second-order valence-electron chi connectivity index (χ2n) is 4.22. The molecule has 1 aromatic heterocycles. The van der Waals surface area contributed by atoms with Gasteiger partial charge in [0.05, 0.1) is 7.05 Å². The zero-order valence-corrected chi connectivity index (χ0v) is 10.4. The van der Waals surface area contributed by atoms with Crippen molar-refractivity contribution in [3.63, 3.8) is 0 Å². The van der Waals surface area contributed by atoms with Crippen LogP contribution in [0.1, 0.15) is 20.3 Å². The highest BCUT2D eigenvalue weighted by molar-refractivity contribution is 5.90. The highest BCUT2D eigenvalue weighted by Crippen LogP contribution is 2.05. The van der Waals surface area contributed by atoms with E-state index in [1.165, 1.54) is 4.80 Å². The standard InChI is InChI=1S/C9H16N6O3/c1-5(2)4-6(7(16)17)10-9(18)11-8-12-14-15(3)13-8/h5-6H,4H2,1-3H3,(H,16,17)(H2,10,11,13,18)/t6-/m0/s1. The van der Waals surface area contributed by atoms with E-state index in [1.807, 2.05) is 13.8 Å². The molecule has 1 rings (SSSR count). The van der Waals surface area contributed by atoms with Crippen LogP contribution in [-0.4, -0.2) is 43.4 Å². The Hall–Kier alpha value is -2.19. The number of carboxylic acids is 1. The maximum absolute atomic E-state index is 11.5. The number of carbonyl (C=O) groups is 2. The number of rotatable bonds is 5. The molecule has 0 fully saturated rings. The predicted molar refractivity (Wildman–Crippen MR) is 61.8 cm³/mol. The number of aromatic nitrogens is 4. The van der Waals surface area contributed by atoms with Gasteiger partial charge in [0.2, 0.25) is 0 Å². The molecule has 0 saturated carbocycles. The van der Waals surface area contributed by atoms with Crippen LogP contribution in [0.25, 0.3) is 0 Å². The van der Waals surface area contributed by atoms with Crippen molar-refractivity contribution in [2.75, 3.05) is 5.32 Å². The molecule has 2 amide bonds. The summed E-state index contributed by atoms with van der Waals surface area (Å²) in [7, 11) is 1.55. The molecule has 0 aliphatic rings. The molecule has 9 heteroatoms. The Kier molecular flexibility index (Phi) is 4.58. The number of nitrogens with one attached hydrogen (secondary N) is 2. The Morgan fingerprint density at radius 1 is 1.44 bits per heavy atom. The number of nitrogens with zero attached hydrogens (tertiary/aromatic N) is 4. The molecule has 0 bridgehead atoms. The average molecular weight is 256 g/mol. The largest absolute Gasteiger partial charge is 0.480 e. The van der Waals surface area contributed by atoms with Crippen molar-refractivity contribution in [2.45, 2.75) is 26.3 Å². The van der Waals surface area contributed by atoms with Crippen LogP contribution in [0.15, 0.2) is 0 Å². The average Bonchev–Trinajstić information content (AvgIpc) is 2.62. The second-order valence-corrected chi connectivity index (χ2v) is 4.22. The van der Waals surface area contributed by atoms with Gasteiger partial charge in [-0.05, 0) is 17.6 Å². The van der Waals surface area contributed by atoms with E-state index in [9.17, 15) is 9.59 Å². The van der Waals surface area contributed by atoms with E-state index in [4.69, 9.17) is 5.11 Å². The molecular formula is C9H16N6O3. The zero-order valence-electron chi connectivity index (χ0n) is 10.4. The van der Waals surface area contributed by atoms with Gasteiger partial charge in [0, 0.05) is 0 Å². The van der Waals surface area contributed by atoms with Crippen molar-refractivity contribution in [1.82, 2.24) is 25.5 Å². The van der Waals surface area contributed by atoms with Gasteiger partial charge >= 0.3 is 12.0 Å². The van der Waals surface area contributed by atoms with E-state index in [-0.39, 0.29) is 11.9 Å². The normalized spacial score (nSPS) is 12.2. The van der Waals surface area contributed by atoms with E-state index < -0.39 is 18.0 Å². The number of aliphatic carboxylic acids is 1. The Morgan fingerprint density at radius 2 is 2.11 bits per heavy atom. The maximum atomic E-state index is 11.5. The SMILES string of the molecule is CC(C)C[C@H](NC(=O)Nc1nnn(C)n1)C(=O)O. The number of hydrogen-bond acceptors (Lipinski definition) is 5. The molecule has 100 valence electrons. The van der Waals surface area contributed by atoms with Crippen LogP contribution in [-0.2, 0) is 11.8 Å². The first-order chi connectivity index (χ1) is 8.38. The fourth-order valence-electron chi connectivity index (χ4n) is 1.32. The first-order valence-electron chi connectivity index (χ1n) is 5.42. The summed E-state index contributed by atoms with van der Waals surface area (Å²) in [6, 6.07) is -1.61. The van der Waals surface area contributed by atoms with Gasteiger partial charge in [-0.1, -0.05) is 18.9 Å². The lowest BCUT2D eigenvalue weighted by molar-refractivity contribution is -0.139. The smallest absolute Gasteiger partial charge is 0.326 e. The number of anilines is 1. The lowest BCUT2D eigenvalue weighted by Gasteiger charge is -2.15. The summed E-state index contributed by atoms with van der Waals surface area (Å²) in [6.07, 6.45) is 0.344. The molecule has 18 heavy (non-hydrogen) atoms. The second kappa shape index (κ2) is 5.94. The van der Waals surface area contributed by atoms with Gasteiger partial charge < -0.3 is 10.4 Å². The fraction of sp³-hybridized carbons (Fsp3) is 0.667. The number of hydrogen-bond donors (Lipinski definition) is 3. The molecule has 0 radical (unpaired) electrons. The minimum absolute atomic E-state index is 0.0173. The number of carbonyl (C=O) groups excluding carboxylic acids is 1. The molecule has 9 nitrogen and oxygen atoms in total. The van der Waals surface area contributed by atoms with Gasteiger partial charge in [0.15, 0.2) is 0 Å². The predicted octanol–water partition coefficient (Wildman–Crippen LogP) is -0.169. The topological polar surface area (TPSA) is 122 Å². The molecule has 3 N–H and O–H groups in total. The Bertz CT molecular complexity index is 430. The van der Waals surface area contributed by atoms with Gasteiger partial charge in [-0.25, -0.2) is 9.59 Å². The third kappa shape index (κ3) is 4.36. The van der Waals surface area contributed by atoms with Gasteiger partial charge in [0.1, 0.15) is 6.04 Å². The first kappa shape index (κ1) is 13.9. The highest BCUT2D eigenvalue weighted by Gasteiger charge is 2.21. The molecule has 0 unspecified atom stereocenters. The minimum atomic E-state index is -1.08. The lowest BCUT2D eigenvalue weighted by atomic mass is 10.0. The third-order valence-electron chi connectivity index (χ3n) is 2.04. The van der Waals surface area contributed by atoms with Crippen LogP contribution in [0, 0.1) is 5.92 Å². The van der Waals surface area contributed by atoms with Crippen LogP contribution >= 0.6 is 0 Å². The first-order valence-corrected chi connectivity index (χ1v) is 5.42. The fourth-order valence-corrected chi connectivity index (χ4v) is 1.32. The third-order valence-corrected chi connectivity index (χ3v) is 2.04. The number of amides is 2. The van der Waals surface area contributed by atoms with Crippen molar-refractivity contribution in [3.8, 4) is 0 Å². The van der Waals surface area contributed by atoms with Crippen molar-refractivity contribution in [3.05, 3.63) is 0 Å². The molecule has 1 atom stereocenters. The summed E-state index contributed by atoms with van der Waals surface area (Å²) in [6.45, 7) is 3.75.